The minimum absolute atomic E-state index is 0.0182. The van der Waals surface area contributed by atoms with Gasteiger partial charge >= 0.3 is 6.03 Å². The molecule has 0 saturated carbocycles. The average molecular weight is 358 g/mol. The highest BCUT2D eigenvalue weighted by atomic mass is 35.5. The lowest BCUT2D eigenvalue weighted by Crippen LogP contribution is -2.49. The van der Waals surface area contributed by atoms with Crippen LogP contribution in [0, 0.1) is 0 Å². The molecule has 1 N–H and O–H groups in total. The summed E-state index contributed by atoms with van der Waals surface area (Å²) in [5, 5.41) is 3.75. The smallest absolute Gasteiger partial charge is 0.321 e. The van der Waals surface area contributed by atoms with Crippen LogP contribution in [-0.2, 0) is 13.0 Å². The Morgan fingerprint density at radius 1 is 0.960 bits per heavy atom. The maximum atomic E-state index is 12.4. The van der Waals surface area contributed by atoms with Gasteiger partial charge in [0.1, 0.15) is 0 Å². The van der Waals surface area contributed by atoms with Gasteiger partial charge in [0.05, 0.1) is 0 Å². The van der Waals surface area contributed by atoms with Gasteiger partial charge in [-0.2, -0.15) is 0 Å². The topological polar surface area (TPSA) is 35.6 Å². The number of rotatable bonds is 4. The van der Waals surface area contributed by atoms with Gasteiger partial charge in [0.15, 0.2) is 0 Å². The maximum absolute atomic E-state index is 12.4. The number of halogens is 1. The Labute approximate surface area is 154 Å². The molecule has 3 rings (SSSR count). The predicted octanol–water partition coefficient (Wildman–Crippen LogP) is 4.25. The largest absolute Gasteiger partial charge is 0.322 e. The van der Waals surface area contributed by atoms with Crippen molar-refractivity contribution < 1.29 is 4.79 Å². The van der Waals surface area contributed by atoms with Gasteiger partial charge in [-0.25, -0.2) is 4.79 Å². The van der Waals surface area contributed by atoms with Crippen LogP contribution in [0.15, 0.2) is 48.5 Å². The summed E-state index contributed by atoms with van der Waals surface area (Å²) >= 11 is 5.93. The fourth-order valence-corrected chi connectivity index (χ4v) is 3.11. The summed E-state index contributed by atoms with van der Waals surface area (Å²) in [6.45, 7) is 6.26. The first-order valence-electron chi connectivity index (χ1n) is 8.75. The fraction of sp³-hybridized carbons (Fsp3) is 0.350. The van der Waals surface area contributed by atoms with Crippen LogP contribution in [0.1, 0.15) is 18.1 Å². The zero-order chi connectivity index (χ0) is 17.6. The Morgan fingerprint density at radius 3 is 2.16 bits per heavy atom. The van der Waals surface area contributed by atoms with E-state index in [-0.39, 0.29) is 6.03 Å². The van der Waals surface area contributed by atoms with E-state index < -0.39 is 0 Å². The van der Waals surface area contributed by atoms with Crippen molar-refractivity contribution in [1.82, 2.24) is 9.80 Å². The van der Waals surface area contributed by atoms with Crippen LogP contribution < -0.4 is 5.32 Å². The second kappa shape index (κ2) is 8.37. The molecule has 1 saturated heterocycles. The zero-order valence-corrected chi connectivity index (χ0v) is 15.3. The first-order valence-corrected chi connectivity index (χ1v) is 9.13. The van der Waals surface area contributed by atoms with Gasteiger partial charge in [-0.05, 0) is 41.8 Å². The van der Waals surface area contributed by atoms with E-state index in [1.54, 1.807) is 0 Å². The van der Waals surface area contributed by atoms with E-state index in [1.807, 2.05) is 29.2 Å². The third-order valence-corrected chi connectivity index (χ3v) is 4.84. The second-order valence-electron chi connectivity index (χ2n) is 6.37. The van der Waals surface area contributed by atoms with Gasteiger partial charge in [0.2, 0.25) is 0 Å². The first-order chi connectivity index (χ1) is 12.1. The Kier molecular flexibility index (Phi) is 5.95. The molecule has 132 valence electrons. The minimum atomic E-state index is -0.0182. The van der Waals surface area contributed by atoms with Gasteiger partial charge in [-0.15, -0.1) is 0 Å². The third kappa shape index (κ3) is 4.97. The van der Waals surface area contributed by atoms with Crippen LogP contribution in [0.4, 0.5) is 10.5 Å². The molecule has 1 aliphatic heterocycles. The van der Waals surface area contributed by atoms with E-state index in [0.29, 0.717) is 0 Å². The van der Waals surface area contributed by atoms with Crippen molar-refractivity contribution in [3.05, 3.63) is 64.7 Å². The number of amides is 2. The molecule has 2 aromatic rings. The molecular weight excluding hydrogens is 334 g/mol. The highest BCUT2D eigenvalue weighted by Gasteiger charge is 2.21. The number of carbonyl (C=O) groups excluding carboxylic acids is 1. The number of aryl methyl sites for hydroxylation is 1. The molecule has 1 aliphatic rings. The summed E-state index contributed by atoms with van der Waals surface area (Å²) in [5.74, 6) is 0. The third-order valence-electron chi connectivity index (χ3n) is 4.59. The van der Waals surface area contributed by atoms with Crippen LogP contribution in [0.5, 0.6) is 0 Å². The Balaban J connectivity index is 1.47. The van der Waals surface area contributed by atoms with Crippen LogP contribution in [0.3, 0.4) is 0 Å². The second-order valence-corrected chi connectivity index (χ2v) is 6.81. The lowest BCUT2D eigenvalue weighted by atomic mass is 10.1. The van der Waals surface area contributed by atoms with Gasteiger partial charge in [-0.1, -0.05) is 42.8 Å². The number of hydrogen-bond donors (Lipinski definition) is 1. The molecule has 2 amide bonds. The van der Waals surface area contributed by atoms with Crippen molar-refractivity contribution >= 4 is 23.3 Å². The number of carbonyl (C=O) groups is 1. The molecule has 0 bridgehead atoms. The minimum Gasteiger partial charge on any atom is -0.322 e. The number of urea groups is 1. The summed E-state index contributed by atoms with van der Waals surface area (Å²) in [5.41, 5.74) is 3.37. The number of nitrogens with zero attached hydrogens (tertiary/aromatic N) is 2. The Hall–Kier alpha value is -2.04. The van der Waals surface area contributed by atoms with Gasteiger partial charge in [0, 0.05) is 43.4 Å². The van der Waals surface area contributed by atoms with E-state index in [1.165, 1.54) is 11.1 Å². The predicted molar refractivity (Wildman–Crippen MR) is 103 cm³/mol. The molecule has 2 aromatic carbocycles. The van der Waals surface area contributed by atoms with Crippen molar-refractivity contribution in [2.45, 2.75) is 19.9 Å². The summed E-state index contributed by atoms with van der Waals surface area (Å²) in [4.78, 5) is 16.7. The standard InChI is InChI=1S/C20H24ClN3O/c1-2-16-5-9-19(10-6-16)22-20(25)24-13-11-23(12-14-24)15-17-3-7-18(21)8-4-17/h3-10H,2,11-15H2,1H3,(H,22,25). The van der Waals surface area contributed by atoms with Crippen molar-refractivity contribution in [3.63, 3.8) is 0 Å². The zero-order valence-electron chi connectivity index (χ0n) is 14.5. The van der Waals surface area contributed by atoms with E-state index in [9.17, 15) is 4.79 Å². The molecular formula is C20H24ClN3O. The Bertz CT molecular complexity index is 692. The summed E-state index contributed by atoms with van der Waals surface area (Å²) in [7, 11) is 0. The lowest BCUT2D eigenvalue weighted by molar-refractivity contribution is 0.143. The number of anilines is 1. The molecule has 0 spiro atoms. The highest BCUT2D eigenvalue weighted by molar-refractivity contribution is 6.30. The molecule has 25 heavy (non-hydrogen) atoms. The van der Waals surface area contributed by atoms with Crippen molar-refractivity contribution in [3.8, 4) is 0 Å². The number of nitrogens with one attached hydrogen (secondary N) is 1. The van der Waals surface area contributed by atoms with Crippen molar-refractivity contribution in [2.24, 2.45) is 0 Å². The van der Waals surface area contributed by atoms with E-state index in [2.05, 4.69) is 41.4 Å². The molecule has 0 aromatic heterocycles. The summed E-state index contributed by atoms with van der Waals surface area (Å²) in [6, 6.07) is 16.0. The quantitative estimate of drug-likeness (QED) is 0.887. The fourth-order valence-electron chi connectivity index (χ4n) is 2.98. The molecule has 0 atom stereocenters. The van der Waals surface area contributed by atoms with E-state index in [4.69, 9.17) is 11.6 Å². The maximum Gasteiger partial charge on any atom is 0.321 e. The lowest BCUT2D eigenvalue weighted by Gasteiger charge is -2.34. The molecule has 4 nitrogen and oxygen atoms in total. The van der Waals surface area contributed by atoms with Crippen LogP contribution >= 0.6 is 11.6 Å². The number of hydrogen-bond acceptors (Lipinski definition) is 2. The van der Waals surface area contributed by atoms with Crippen LogP contribution in [0.2, 0.25) is 5.02 Å². The number of piperazine rings is 1. The first kappa shape index (κ1) is 17.8. The average Bonchev–Trinajstić information content (AvgIpc) is 2.65. The Morgan fingerprint density at radius 2 is 1.56 bits per heavy atom. The molecule has 1 fully saturated rings. The van der Waals surface area contributed by atoms with Crippen molar-refractivity contribution in [1.29, 1.82) is 0 Å². The van der Waals surface area contributed by atoms with Gasteiger partial charge in [-0.3, -0.25) is 4.90 Å². The van der Waals surface area contributed by atoms with E-state index in [0.717, 1.165) is 49.9 Å². The van der Waals surface area contributed by atoms with Crippen LogP contribution in [0.25, 0.3) is 0 Å². The SMILES string of the molecule is CCc1ccc(NC(=O)N2CCN(Cc3ccc(Cl)cc3)CC2)cc1. The molecule has 5 heteroatoms. The van der Waals surface area contributed by atoms with Crippen molar-refractivity contribution in [2.75, 3.05) is 31.5 Å². The molecule has 1 heterocycles. The molecule has 0 radical (unpaired) electrons. The molecule has 0 unspecified atom stereocenters. The van der Waals surface area contributed by atoms with E-state index >= 15 is 0 Å². The molecule has 0 aliphatic carbocycles. The highest BCUT2D eigenvalue weighted by Crippen LogP contribution is 2.14. The summed E-state index contributed by atoms with van der Waals surface area (Å²) < 4.78 is 0. The normalized spacial score (nSPS) is 15.2. The van der Waals surface area contributed by atoms with Gasteiger partial charge in [0.25, 0.3) is 0 Å². The monoisotopic (exact) mass is 357 g/mol. The summed E-state index contributed by atoms with van der Waals surface area (Å²) in [6.07, 6.45) is 1.00. The number of benzene rings is 2. The van der Waals surface area contributed by atoms with Gasteiger partial charge < -0.3 is 10.2 Å². The van der Waals surface area contributed by atoms with Crippen LogP contribution in [-0.4, -0.2) is 42.0 Å².